The fraction of sp³-hybridized carbons (Fsp3) is 0.350. The van der Waals surface area contributed by atoms with Crippen molar-refractivity contribution >= 4 is 5.96 Å². The van der Waals surface area contributed by atoms with Crippen LogP contribution >= 0.6 is 0 Å². The zero-order valence-electron chi connectivity index (χ0n) is 15.0. The van der Waals surface area contributed by atoms with E-state index < -0.39 is 0 Å². The molecule has 1 aliphatic heterocycles. The molecular formula is C20H25N3O2. The third-order valence-corrected chi connectivity index (χ3v) is 4.27. The highest BCUT2D eigenvalue weighted by Crippen LogP contribution is 2.34. The van der Waals surface area contributed by atoms with Crippen LogP contribution in [-0.4, -0.2) is 26.2 Å². The number of benzene rings is 2. The predicted octanol–water partition coefficient (Wildman–Crippen LogP) is 2.88. The van der Waals surface area contributed by atoms with Gasteiger partial charge in [-0.1, -0.05) is 30.3 Å². The molecule has 2 N–H and O–H groups in total. The zero-order valence-corrected chi connectivity index (χ0v) is 15.0. The molecule has 0 fully saturated rings. The van der Waals surface area contributed by atoms with Crippen LogP contribution in [0.4, 0.5) is 0 Å². The maximum Gasteiger partial charge on any atom is 0.191 e. The molecule has 1 aliphatic rings. The van der Waals surface area contributed by atoms with Gasteiger partial charge >= 0.3 is 0 Å². The minimum absolute atomic E-state index is 0.225. The van der Waals surface area contributed by atoms with Crippen LogP contribution in [-0.2, 0) is 19.5 Å². The topological polar surface area (TPSA) is 54.9 Å². The summed E-state index contributed by atoms with van der Waals surface area (Å²) in [5.74, 6) is 2.58. The van der Waals surface area contributed by atoms with Crippen molar-refractivity contribution in [1.29, 1.82) is 0 Å². The molecule has 132 valence electrons. The second kappa shape index (κ2) is 7.92. The summed E-state index contributed by atoms with van der Waals surface area (Å²) in [6.07, 6.45) is 1.16. The van der Waals surface area contributed by atoms with Crippen molar-refractivity contribution in [3.05, 3.63) is 59.2 Å². The van der Waals surface area contributed by atoms with Gasteiger partial charge in [0.05, 0.1) is 7.11 Å². The summed E-state index contributed by atoms with van der Waals surface area (Å²) in [6, 6.07) is 14.4. The van der Waals surface area contributed by atoms with Crippen molar-refractivity contribution in [2.75, 3.05) is 14.2 Å². The number of hydrogen-bond donors (Lipinski definition) is 2. The predicted molar refractivity (Wildman–Crippen MR) is 100 cm³/mol. The van der Waals surface area contributed by atoms with E-state index in [0.29, 0.717) is 6.54 Å². The number of fused-ring (bicyclic) bond motifs is 1. The molecule has 2 aromatic carbocycles. The second-order valence-corrected chi connectivity index (χ2v) is 6.17. The molecule has 1 heterocycles. The highest BCUT2D eigenvalue weighted by molar-refractivity contribution is 5.79. The fourth-order valence-electron chi connectivity index (χ4n) is 2.99. The summed E-state index contributed by atoms with van der Waals surface area (Å²) in [6.45, 7) is 3.42. The number of guanidine groups is 1. The molecule has 0 amide bonds. The molecule has 0 aliphatic carbocycles. The molecule has 25 heavy (non-hydrogen) atoms. The van der Waals surface area contributed by atoms with E-state index in [4.69, 9.17) is 9.47 Å². The van der Waals surface area contributed by atoms with Crippen molar-refractivity contribution in [3.63, 3.8) is 0 Å². The van der Waals surface area contributed by atoms with E-state index >= 15 is 0 Å². The molecule has 3 rings (SSSR count). The molecule has 5 nitrogen and oxygen atoms in total. The average molecular weight is 339 g/mol. The lowest BCUT2D eigenvalue weighted by molar-refractivity contribution is 0.254. The molecular weight excluding hydrogens is 314 g/mol. The number of methoxy groups -OCH3 is 1. The minimum atomic E-state index is 0.225. The molecule has 1 atom stereocenters. The van der Waals surface area contributed by atoms with Crippen LogP contribution in [0.1, 0.15) is 23.6 Å². The number of rotatable bonds is 5. The van der Waals surface area contributed by atoms with E-state index in [-0.39, 0.29) is 6.10 Å². The van der Waals surface area contributed by atoms with Crippen LogP contribution in [0.3, 0.4) is 0 Å². The fourth-order valence-corrected chi connectivity index (χ4v) is 2.99. The Kier molecular flexibility index (Phi) is 5.43. The van der Waals surface area contributed by atoms with Crippen LogP contribution in [0.25, 0.3) is 0 Å². The van der Waals surface area contributed by atoms with Crippen molar-refractivity contribution in [2.24, 2.45) is 4.99 Å². The first-order valence-electron chi connectivity index (χ1n) is 8.54. The Bertz CT molecular complexity index is 744. The van der Waals surface area contributed by atoms with E-state index in [1.54, 1.807) is 14.2 Å². The van der Waals surface area contributed by atoms with Crippen LogP contribution in [0, 0.1) is 0 Å². The van der Waals surface area contributed by atoms with Gasteiger partial charge in [-0.25, -0.2) is 0 Å². The molecule has 0 aromatic heterocycles. The van der Waals surface area contributed by atoms with Gasteiger partial charge in [0.1, 0.15) is 17.6 Å². The summed E-state index contributed by atoms with van der Waals surface area (Å²) in [5.41, 5.74) is 3.47. The van der Waals surface area contributed by atoms with E-state index in [9.17, 15) is 0 Å². The van der Waals surface area contributed by atoms with Gasteiger partial charge < -0.3 is 20.1 Å². The Labute approximate surface area is 149 Å². The maximum absolute atomic E-state index is 5.86. The molecule has 0 bridgehead atoms. The SMILES string of the molecule is CN=C(NCc1ccccc1)NCc1cc2c(cc1OC)CC(C)O2. The quantitative estimate of drug-likeness (QED) is 0.650. The van der Waals surface area contributed by atoms with Crippen molar-refractivity contribution in [2.45, 2.75) is 32.5 Å². The smallest absolute Gasteiger partial charge is 0.191 e. The largest absolute Gasteiger partial charge is 0.496 e. The Morgan fingerprint density at radius 3 is 2.68 bits per heavy atom. The molecule has 0 saturated carbocycles. The van der Waals surface area contributed by atoms with Crippen molar-refractivity contribution < 1.29 is 9.47 Å². The number of ether oxygens (including phenoxy) is 2. The summed E-state index contributed by atoms with van der Waals surface area (Å²) in [5, 5.41) is 6.66. The van der Waals surface area contributed by atoms with Crippen molar-refractivity contribution in [1.82, 2.24) is 10.6 Å². The second-order valence-electron chi connectivity index (χ2n) is 6.17. The van der Waals surface area contributed by atoms with Gasteiger partial charge in [0.15, 0.2) is 5.96 Å². The molecule has 0 spiro atoms. The molecule has 0 saturated heterocycles. The monoisotopic (exact) mass is 339 g/mol. The standard InChI is InChI=1S/C20H25N3O2/c1-14-9-16-10-18(24-3)17(11-19(16)25-14)13-23-20(21-2)22-12-15-7-5-4-6-8-15/h4-8,10-11,14H,9,12-13H2,1-3H3,(H2,21,22,23). The first kappa shape index (κ1) is 17.1. The molecule has 5 heteroatoms. The highest BCUT2D eigenvalue weighted by atomic mass is 16.5. The lowest BCUT2D eigenvalue weighted by Crippen LogP contribution is -2.36. The lowest BCUT2D eigenvalue weighted by Gasteiger charge is -2.15. The Hall–Kier alpha value is -2.69. The number of aliphatic imine (C=N–C) groups is 1. The minimum Gasteiger partial charge on any atom is -0.496 e. The summed E-state index contributed by atoms with van der Waals surface area (Å²) >= 11 is 0. The normalized spacial score (nSPS) is 16.1. The van der Waals surface area contributed by atoms with Gasteiger partial charge in [-0.3, -0.25) is 4.99 Å². The maximum atomic E-state index is 5.86. The van der Waals surface area contributed by atoms with Crippen LogP contribution < -0.4 is 20.1 Å². The average Bonchev–Trinajstić information content (AvgIpc) is 3.00. The number of nitrogens with zero attached hydrogens (tertiary/aromatic N) is 1. The highest BCUT2D eigenvalue weighted by Gasteiger charge is 2.21. The van der Waals surface area contributed by atoms with E-state index in [1.165, 1.54) is 11.1 Å². The first-order valence-corrected chi connectivity index (χ1v) is 8.54. The van der Waals surface area contributed by atoms with E-state index in [1.807, 2.05) is 18.2 Å². The van der Waals surface area contributed by atoms with Gasteiger partial charge in [-0.15, -0.1) is 0 Å². The number of nitrogens with one attached hydrogen (secondary N) is 2. The summed E-state index contributed by atoms with van der Waals surface area (Å²) < 4.78 is 11.4. The molecule has 2 aromatic rings. The third kappa shape index (κ3) is 4.24. The van der Waals surface area contributed by atoms with E-state index in [2.05, 4.69) is 46.8 Å². The summed E-state index contributed by atoms with van der Waals surface area (Å²) in [4.78, 5) is 4.28. The van der Waals surface area contributed by atoms with Gasteiger partial charge in [-0.05, 0) is 24.6 Å². The number of hydrogen-bond acceptors (Lipinski definition) is 3. The first-order chi connectivity index (χ1) is 12.2. The van der Waals surface area contributed by atoms with E-state index in [0.717, 1.165) is 36.0 Å². The van der Waals surface area contributed by atoms with Gasteiger partial charge in [0, 0.05) is 37.7 Å². The van der Waals surface area contributed by atoms with Gasteiger partial charge in [-0.2, -0.15) is 0 Å². The summed E-state index contributed by atoms with van der Waals surface area (Å²) in [7, 11) is 3.47. The zero-order chi connectivity index (χ0) is 17.6. The molecule has 1 unspecified atom stereocenters. The third-order valence-electron chi connectivity index (χ3n) is 4.27. The lowest BCUT2D eigenvalue weighted by atomic mass is 10.1. The Balaban J connectivity index is 1.63. The van der Waals surface area contributed by atoms with Crippen LogP contribution in [0.2, 0.25) is 0 Å². The Morgan fingerprint density at radius 1 is 1.20 bits per heavy atom. The molecule has 0 radical (unpaired) electrons. The Morgan fingerprint density at radius 2 is 1.96 bits per heavy atom. The van der Waals surface area contributed by atoms with Crippen molar-refractivity contribution in [3.8, 4) is 11.5 Å². The van der Waals surface area contributed by atoms with Gasteiger partial charge in [0.2, 0.25) is 0 Å². The van der Waals surface area contributed by atoms with Gasteiger partial charge in [0.25, 0.3) is 0 Å². The van der Waals surface area contributed by atoms with Crippen LogP contribution in [0.5, 0.6) is 11.5 Å². The van der Waals surface area contributed by atoms with Crippen LogP contribution in [0.15, 0.2) is 47.5 Å².